The maximum Gasteiger partial charge on any atom is 0.115 e. The van der Waals surface area contributed by atoms with E-state index in [9.17, 15) is 5.11 Å². The molecule has 1 aliphatic rings. The van der Waals surface area contributed by atoms with Crippen molar-refractivity contribution in [1.29, 1.82) is 0 Å². The molecule has 0 radical (unpaired) electrons. The fourth-order valence-corrected chi connectivity index (χ4v) is 3.31. The number of hydrogen-bond donors (Lipinski definition) is 2. The highest BCUT2D eigenvalue weighted by Crippen LogP contribution is 2.27. The highest BCUT2D eigenvalue weighted by atomic mass is 16.3. The molecule has 2 heteroatoms. The summed E-state index contributed by atoms with van der Waals surface area (Å²) in [5.74, 6) is 0.646. The van der Waals surface area contributed by atoms with E-state index in [4.69, 9.17) is 5.73 Å². The third-order valence-corrected chi connectivity index (χ3v) is 4.52. The van der Waals surface area contributed by atoms with Gasteiger partial charge in [-0.15, -0.1) is 0 Å². The fourth-order valence-electron chi connectivity index (χ4n) is 3.31. The molecule has 0 aromatic heterocycles. The molecule has 0 saturated heterocycles. The predicted molar refractivity (Wildman–Crippen MR) is 86.7 cm³/mol. The Kier molecular flexibility index (Phi) is 4.26. The molecule has 3 N–H and O–H groups in total. The van der Waals surface area contributed by atoms with Gasteiger partial charge in [0.05, 0.1) is 0 Å². The molecule has 1 atom stereocenters. The van der Waals surface area contributed by atoms with E-state index in [2.05, 4.69) is 24.3 Å². The number of nitrogens with two attached hydrogens (primary N) is 1. The Labute approximate surface area is 126 Å². The molecule has 0 bridgehead atoms. The number of aromatic hydroxyl groups is 1. The van der Waals surface area contributed by atoms with Crippen molar-refractivity contribution in [3.8, 4) is 5.75 Å². The predicted octanol–water partition coefficient (Wildman–Crippen LogP) is 3.56. The standard InChI is InChI=1S/C19H23NO/c20-13-18(10-14-4-3-7-19(21)11-14)17-9-8-15-5-1-2-6-16(15)12-17/h3-4,7-9,11-12,18,21H,1-2,5-6,10,13,20H2. The first-order valence-electron chi connectivity index (χ1n) is 7.86. The quantitative estimate of drug-likeness (QED) is 0.900. The van der Waals surface area contributed by atoms with Gasteiger partial charge in [0, 0.05) is 5.92 Å². The first-order chi connectivity index (χ1) is 10.3. The van der Waals surface area contributed by atoms with Crippen LogP contribution in [0.15, 0.2) is 42.5 Å². The molecule has 0 spiro atoms. The summed E-state index contributed by atoms with van der Waals surface area (Å²) in [4.78, 5) is 0. The Morgan fingerprint density at radius 2 is 1.81 bits per heavy atom. The number of hydrogen-bond acceptors (Lipinski definition) is 2. The lowest BCUT2D eigenvalue weighted by atomic mass is 9.85. The van der Waals surface area contributed by atoms with E-state index in [1.54, 1.807) is 6.07 Å². The zero-order chi connectivity index (χ0) is 14.7. The third-order valence-electron chi connectivity index (χ3n) is 4.52. The second-order valence-electron chi connectivity index (χ2n) is 6.04. The monoisotopic (exact) mass is 281 g/mol. The summed E-state index contributed by atoms with van der Waals surface area (Å²) in [5, 5.41) is 9.60. The number of phenolic OH excluding ortho intramolecular Hbond substituents is 1. The fraction of sp³-hybridized carbons (Fsp3) is 0.368. The molecule has 2 aromatic rings. The molecule has 2 nitrogen and oxygen atoms in total. The van der Waals surface area contributed by atoms with Crippen LogP contribution in [-0.4, -0.2) is 11.7 Å². The number of fused-ring (bicyclic) bond motifs is 1. The Hall–Kier alpha value is -1.80. The zero-order valence-electron chi connectivity index (χ0n) is 12.4. The lowest BCUT2D eigenvalue weighted by molar-refractivity contribution is 0.474. The summed E-state index contributed by atoms with van der Waals surface area (Å²) >= 11 is 0. The second-order valence-corrected chi connectivity index (χ2v) is 6.04. The van der Waals surface area contributed by atoms with Gasteiger partial charge in [-0.3, -0.25) is 0 Å². The minimum Gasteiger partial charge on any atom is -0.508 e. The smallest absolute Gasteiger partial charge is 0.115 e. The van der Waals surface area contributed by atoms with Gasteiger partial charge in [-0.1, -0.05) is 30.3 Å². The summed E-state index contributed by atoms with van der Waals surface area (Å²) in [6.45, 7) is 0.633. The topological polar surface area (TPSA) is 46.2 Å². The van der Waals surface area contributed by atoms with Crippen LogP contribution in [0, 0.1) is 0 Å². The van der Waals surface area contributed by atoms with Crippen LogP contribution < -0.4 is 5.73 Å². The van der Waals surface area contributed by atoms with Crippen molar-refractivity contribution in [2.75, 3.05) is 6.54 Å². The Morgan fingerprint density at radius 3 is 2.57 bits per heavy atom. The highest BCUT2D eigenvalue weighted by molar-refractivity contribution is 5.37. The molecule has 0 heterocycles. The molecular formula is C19H23NO. The number of aryl methyl sites for hydroxylation is 2. The number of rotatable bonds is 4. The first kappa shape index (κ1) is 14.2. The van der Waals surface area contributed by atoms with E-state index in [0.29, 0.717) is 18.2 Å². The van der Waals surface area contributed by atoms with Gasteiger partial charge in [-0.25, -0.2) is 0 Å². The Morgan fingerprint density at radius 1 is 1.00 bits per heavy atom. The van der Waals surface area contributed by atoms with E-state index >= 15 is 0 Å². The van der Waals surface area contributed by atoms with Crippen LogP contribution in [0.5, 0.6) is 5.75 Å². The molecule has 110 valence electrons. The van der Waals surface area contributed by atoms with Crippen LogP contribution in [0.3, 0.4) is 0 Å². The normalized spacial score (nSPS) is 15.5. The first-order valence-corrected chi connectivity index (χ1v) is 7.86. The van der Waals surface area contributed by atoms with E-state index in [1.807, 2.05) is 12.1 Å². The van der Waals surface area contributed by atoms with Crippen molar-refractivity contribution in [1.82, 2.24) is 0 Å². The Bertz CT molecular complexity index is 621. The van der Waals surface area contributed by atoms with E-state index in [0.717, 1.165) is 12.0 Å². The molecule has 0 aliphatic heterocycles. The molecule has 21 heavy (non-hydrogen) atoms. The molecule has 0 amide bonds. The molecule has 0 saturated carbocycles. The third kappa shape index (κ3) is 3.27. The van der Waals surface area contributed by atoms with E-state index in [1.165, 1.54) is 42.4 Å². The van der Waals surface area contributed by atoms with Crippen LogP contribution in [0.2, 0.25) is 0 Å². The van der Waals surface area contributed by atoms with E-state index < -0.39 is 0 Å². The lowest BCUT2D eigenvalue weighted by Crippen LogP contribution is -2.16. The molecule has 1 aliphatic carbocycles. The average Bonchev–Trinajstić information content (AvgIpc) is 2.52. The second kappa shape index (κ2) is 6.31. The van der Waals surface area contributed by atoms with Crippen LogP contribution in [-0.2, 0) is 19.3 Å². The van der Waals surface area contributed by atoms with Crippen molar-refractivity contribution in [2.45, 2.75) is 38.0 Å². The van der Waals surface area contributed by atoms with Gasteiger partial charge in [0.15, 0.2) is 0 Å². The van der Waals surface area contributed by atoms with Gasteiger partial charge in [-0.2, -0.15) is 0 Å². The summed E-state index contributed by atoms with van der Waals surface area (Å²) < 4.78 is 0. The SMILES string of the molecule is NCC(Cc1cccc(O)c1)c1ccc2c(c1)CCCC2. The number of phenols is 1. The van der Waals surface area contributed by atoms with Crippen molar-refractivity contribution >= 4 is 0 Å². The lowest BCUT2D eigenvalue weighted by Gasteiger charge is -2.21. The minimum absolute atomic E-state index is 0.319. The van der Waals surface area contributed by atoms with Gasteiger partial charge in [-0.05, 0) is 73.0 Å². The van der Waals surface area contributed by atoms with Gasteiger partial charge in [0.25, 0.3) is 0 Å². The van der Waals surface area contributed by atoms with Crippen molar-refractivity contribution in [3.05, 3.63) is 64.7 Å². The van der Waals surface area contributed by atoms with Crippen molar-refractivity contribution in [3.63, 3.8) is 0 Å². The minimum atomic E-state index is 0.319. The molecular weight excluding hydrogens is 258 g/mol. The summed E-state index contributed by atoms with van der Waals surface area (Å²) in [6, 6.07) is 14.4. The molecule has 1 unspecified atom stereocenters. The van der Waals surface area contributed by atoms with Crippen LogP contribution in [0.1, 0.15) is 41.0 Å². The van der Waals surface area contributed by atoms with Crippen molar-refractivity contribution < 1.29 is 5.11 Å². The highest BCUT2D eigenvalue weighted by Gasteiger charge is 2.15. The van der Waals surface area contributed by atoms with Gasteiger partial charge in [0.1, 0.15) is 5.75 Å². The van der Waals surface area contributed by atoms with Crippen molar-refractivity contribution in [2.24, 2.45) is 5.73 Å². The summed E-state index contributed by atoms with van der Waals surface area (Å²) in [7, 11) is 0. The summed E-state index contributed by atoms with van der Waals surface area (Å²) in [6.07, 6.45) is 5.91. The van der Waals surface area contributed by atoms with Crippen LogP contribution in [0.25, 0.3) is 0 Å². The van der Waals surface area contributed by atoms with Gasteiger partial charge >= 0.3 is 0 Å². The molecule has 0 fully saturated rings. The van der Waals surface area contributed by atoms with E-state index in [-0.39, 0.29) is 0 Å². The maximum absolute atomic E-state index is 9.60. The molecule has 2 aromatic carbocycles. The summed E-state index contributed by atoms with van der Waals surface area (Å²) in [5.41, 5.74) is 11.5. The zero-order valence-corrected chi connectivity index (χ0v) is 12.4. The number of benzene rings is 2. The van der Waals surface area contributed by atoms with Crippen LogP contribution in [0.4, 0.5) is 0 Å². The Balaban J connectivity index is 1.82. The largest absolute Gasteiger partial charge is 0.508 e. The maximum atomic E-state index is 9.60. The van der Waals surface area contributed by atoms with Gasteiger partial charge < -0.3 is 10.8 Å². The average molecular weight is 281 g/mol. The van der Waals surface area contributed by atoms with Crippen LogP contribution >= 0.6 is 0 Å². The molecule has 3 rings (SSSR count). The van der Waals surface area contributed by atoms with Gasteiger partial charge in [0.2, 0.25) is 0 Å².